The van der Waals surface area contributed by atoms with Crippen molar-refractivity contribution in [2.24, 2.45) is 0 Å². The standard InChI is InChI=1S/C14H14N4OS/c15-10-12-13(18-6-8-19-9-7-18)17-20-14(12)16-11-4-2-1-3-5-11/h1-5,16H,6-9H2. The number of benzene rings is 1. The van der Waals surface area contributed by atoms with Gasteiger partial charge in [-0.1, -0.05) is 18.2 Å². The number of anilines is 3. The molecule has 1 fully saturated rings. The highest BCUT2D eigenvalue weighted by Gasteiger charge is 2.21. The van der Waals surface area contributed by atoms with Gasteiger partial charge in [-0.3, -0.25) is 0 Å². The number of para-hydroxylation sites is 1. The van der Waals surface area contributed by atoms with Crippen LogP contribution in [0.25, 0.3) is 0 Å². The first kappa shape index (κ1) is 12.9. The molecule has 0 spiro atoms. The van der Waals surface area contributed by atoms with Crippen LogP contribution in [0.3, 0.4) is 0 Å². The Balaban J connectivity index is 1.86. The van der Waals surface area contributed by atoms with Gasteiger partial charge < -0.3 is 15.0 Å². The highest BCUT2D eigenvalue weighted by molar-refractivity contribution is 7.10. The van der Waals surface area contributed by atoms with Crippen molar-refractivity contribution in [3.8, 4) is 6.07 Å². The largest absolute Gasteiger partial charge is 0.378 e. The Bertz CT molecular complexity index is 614. The normalized spacial score (nSPS) is 14.8. The maximum atomic E-state index is 9.42. The Labute approximate surface area is 121 Å². The lowest BCUT2D eigenvalue weighted by Gasteiger charge is -2.26. The summed E-state index contributed by atoms with van der Waals surface area (Å²) in [5, 5.41) is 13.5. The van der Waals surface area contributed by atoms with Gasteiger partial charge in [0.15, 0.2) is 5.82 Å². The lowest BCUT2D eigenvalue weighted by Crippen LogP contribution is -2.36. The van der Waals surface area contributed by atoms with Crippen molar-refractivity contribution in [3.63, 3.8) is 0 Å². The van der Waals surface area contributed by atoms with Crippen LogP contribution in [0, 0.1) is 11.3 Å². The van der Waals surface area contributed by atoms with Crippen LogP contribution in [0.15, 0.2) is 30.3 Å². The summed E-state index contributed by atoms with van der Waals surface area (Å²) in [5.41, 5.74) is 1.57. The van der Waals surface area contributed by atoms with Crippen molar-refractivity contribution in [1.29, 1.82) is 5.26 Å². The van der Waals surface area contributed by atoms with Gasteiger partial charge in [0.1, 0.15) is 16.6 Å². The molecule has 6 heteroatoms. The highest BCUT2D eigenvalue weighted by atomic mass is 32.1. The van der Waals surface area contributed by atoms with E-state index in [1.165, 1.54) is 11.5 Å². The quantitative estimate of drug-likeness (QED) is 0.939. The van der Waals surface area contributed by atoms with Crippen LogP contribution < -0.4 is 10.2 Å². The summed E-state index contributed by atoms with van der Waals surface area (Å²) in [4.78, 5) is 2.11. The number of hydrogen-bond donors (Lipinski definition) is 1. The molecule has 20 heavy (non-hydrogen) atoms. The number of aromatic nitrogens is 1. The first-order valence-electron chi connectivity index (χ1n) is 6.43. The third-order valence-electron chi connectivity index (χ3n) is 3.13. The molecule has 0 atom stereocenters. The van der Waals surface area contributed by atoms with Gasteiger partial charge in [-0.15, -0.1) is 0 Å². The van der Waals surface area contributed by atoms with E-state index in [0.29, 0.717) is 18.8 Å². The van der Waals surface area contributed by atoms with Gasteiger partial charge >= 0.3 is 0 Å². The van der Waals surface area contributed by atoms with Crippen LogP contribution in [0.4, 0.5) is 16.5 Å². The van der Waals surface area contributed by atoms with Crippen LogP contribution >= 0.6 is 11.5 Å². The Kier molecular flexibility index (Phi) is 3.81. The lowest BCUT2D eigenvalue weighted by molar-refractivity contribution is 0.122. The Morgan fingerprint density at radius 2 is 2.00 bits per heavy atom. The van der Waals surface area contributed by atoms with E-state index < -0.39 is 0 Å². The van der Waals surface area contributed by atoms with Gasteiger partial charge in [-0.2, -0.15) is 9.64 Å². The predicted molar refractivity (Wildman–Crippen MR) is 79.6 cm³/mol. The Morgan fingerprint density at radius 3 is 2.70 bits per heavy atom. The van der Waals surface area contributed by atoms with E-state index in [1.807, 2.05) is 30.3 Å². The molecular formula is C14H14N4OS. The molecule has 0 unspecified atom stereocenters. The molecule has 1 aromatic heterocycles. The average Bonchev–Trinajstić information content (AvgIpc) is 2.92. The molecule has 102 valence electrons. The van der Waals surface area contributed by atoms with Crippen LogP contribution in [-0.4, -0.2) is 30.7 Å². The second-order valence-corrected chi connectivity index (χ2v) is 5.19. The third-order valence-corrected chi connectivity index (χ3v) is 3.88. The first-order valence-corrected chi connectivity index (χ1v) is 7.20. The first-order chi connectivity index (χ1) is 9.88. The second-order valence-electron chi connectivity index (χ2n) is 4.41. The van der Waals surface area contributed by atoms with Crippen LogP contribution in [-0.2, 0) is 4.74 Å². The minimum atomic E-state index is 0.612. The zero-order valence-corrected chi connectivity index (χ0v) is 11.7. The molecule has 0 saturated carbocycles. The molecule has 0 bridgehead atoms. The molecule has 1 N–H and O–H groups in total. The number of ether oxygens (including phenoxy) is 1. The molecule has 0 radical (unpaired) electrons. The van der Waals surface area contributed by atoms with Crippen molar-refractivity contribution in [2.45, 2.75) is 0 Å². The molecule has 5 nitrogen and oxygen atoms in total. The zero-order valence-electron chi connectivity index (χ0n) is 10.9. The van der Waals surface area contributed by atoms with E-state index in [4.69, 9.17) is 4.74 Å². The highest BCUT2D eigenvalue weighted by Crippen LogP contribution is 2.33. The molecule has 1 aliphatic rings. The molecule has 0 amide bonds. The van der Waals surface area contributed by atoms with Gasteiger partial charge in [-0.25, -0.2) is 0 Å². The van der Waals surface area contributed by atoms with Crippen LogP contribution in [0.1, 0.15) is 5.56 Å². The van der Waals surface area contributed by atoms with E-state index >= 15 is 0 Å². The SMILES string of the molecule is N#Cc1c(N2CCOCC2)nsc1Nc1ccccc1. The van der Waals surface area contributed by atoms with Gasteiger partial charge in [0.25, 0.3) is 0 Å². The summed E-state index contributed by atoms with van der Waals surface area (Å²) in [6, 6.07) is 12.1. The number of nitriles is 1. The predicted octanol–water partition coefficient (Wildman–Crippen LogP) is 2.59. The minimum Gasteiger partial charge on any atom is -0.378 e. The summed E-state index contributed by atoms with van der Waals surface area (Å²) in [6.07, 6.45) is 0. The van der Waals surface area contributed by atoms with E-state index in [2.05, 4.69) is 20.7 Å². The summed E-state index contributed by atoms with van der Waals surface area (Å²) in [5.74, 6) is 0.763. The summed E-state index contributed by atoms with van der Waals surface area (Å²) in [7, 11) is 0. The molecule has 1 aromatic carbocycles. The number of rotatable bonds is 3. The van der Waals surface area contributed by atoms with Crippen molar-refractivity contribution < 1.29 is 4.74 Å². The molecule has 2 aromatic rings. The van der Waals surface area contributed by atoms with E-state index in [1.54, 1.807) is 0 Å². The molecule has 1 saturated heterocycles. The minimum absolute atomic E-state index is 0.612. The molecule has 3 rings (SSSR count). The van der Waals surface area contributed by atoms with Gasteiger partial charge in [0.2, 0.25) is 0 Å². The smallest absolute Gasteiger partial charge is 0.162 e. The van der Waals surface area contributed by atoms with E-state index in [-0.39, 0.29) is 0 Å². The third kappa shape index (κ3) is 2.59. The fourth-order valence-corrected chi connectivity index (χ4v) is 2.89. The van der Waals surface area contributed by atoms with Crippen LogP contribution in [0.5, 0.6) is 0 Å². The maximum absolute atomic E-state index is 9.42. The lowest BCUT2D eigenvalue weighted by atomic mass is 10.2. The number of hydrogen-bond acceptors (Lipinski definition) is 6. The molecular weight excluding hydrogens is 272 g/mol. The fourth-order valence-electron chi connectivity index (χ4n) is 2.11. The second kappa shape index (κ2) is 5.90. The topological polar surface area (TPSA) is 61.2 Å². The zero-order chi connectivity index (χ0) is 13.8. The summed E-state index contributed by atoms with van der Waals surface area (Å²) < 4.78 is 9.77. The number of morpholine rings is 1. The molecule has 2 heterocycles. The van der Waals surface area contributed by atoms with Gasteiger partial charge in [0, 0.05) is 18.8 Å². The average molecular weight is 286 g/mol. The van der Waals surface area contributed by atoms with Gasteiger partial charge in [0.05, 0.1) is 13.2 Å². The fraction of sp³-hybridized carbons (Fsp3) is 0.286. The number of nitrogens with one attached hydrogen (secondary N) is 1. The van der Waals surface area contributed by atoms with E-state index in [9.17, 15) is 5.26 Å². The Hall–Kier alpha value is -2.10. The molecule has 0 aliphatic carbocycles. The van der Waals surface area contributed by atoms with Crippen molar-refractivity contribution in [2.75, 3.05) is 36.5 Å². The maximum Gasteiger partial charge on any atom is 0.162 e. The monoisotopic (exact) mass is 286 g/mol. The van der Waals surface area contributed by atoms with Crippen LogP contribution in [0.2, 0.25) is 0 Å². The van der Waals surface area contributed by atoms with Crippen molar-refractivity contribution in [1.82, 2.24) is 4.37 Å². The van der Waals surface area contributed by atoms with Crippen molar-refractivity contribution in [3.05, 3.63) is 35.9 Å². The number of nitrogens with zero attached hydrogens (tertiary/aromatic N) is 3. The summed E-state index contributed by atoms with van der Waals surface area (Å²) >= 11 is 1.32. The summed E-state index contributed by atoms with van der Waals surface area (Å²) in [6.45, 7) is 2.93. The van der Waals surface area contributed by atoms with Crippen molar-refractivity contribution >= 4 is 28.0 Å². The Morgan fingerprint density at radius 1 is 1.25 bits per heavy atom. The van der Waals surface area contributed by atoms with E-state index in [0.717, 1.165) is 29.6 Å². The molecule has 1 aliphatic heterocycles. The van der Waals surface area contributed by atoms with Gasteiger partial charge in [-0.05, 0) is 23.7 Å².